The molecule has 0 saturated heterocycles. The van der Waals surface area contributed by atoms with Crippen LogP contribution in [-0.2, 0) is 6.54 Å². The average Bonchev–Trinajstić information content (AvgIpc) is 3.16. The summed E-state index contributed by atoms with van der Waals surface area (Å²) in [6.45, 7) is 2.70. The third-order valence-electron chi connectivity index (χ3n) is 3.49. The summed E-state index contributed by atoms with van der Waals surface area (Å²) >= 11 is 8.55. The zero-order valence-corrected chi connectivity index (χ0v) is 15.7. The molecule has 2 aromatic heterocycles. The second-order valence-electron chi connectivity index (χ2n) is 4.82. The summed E-state index contributed by atoms with van der Waals surface area (Å²) in [6.07, 6.45) is 0. The third kappa shape index (κ3) is 3.07. The maximum absolute atomic E-state index is 12.3. The summed E-state index contributed by atoms with van der Waals surface area (Å²) in [5.41, 5.74) is 0.955. The molecule has 1 aromatic carbocycles. The molecule has 0 aliphatic heterocycles. The molecule has 5 nitrogen and oxygen atoms in total. The van der Waals surface area contributed by atoms with Crippen molar-refractivity contribution < 1.29 is 14.3 Å². The molecule has 3 aromatic rings. The van der Waals surface area contributed by atoms with Crippen LogP contribution < -0.4 is 14.3 Å². The van der Waals surface area contributed by atoms with E-state index in [1.54, 1.807) is 26.4 Å². The molecule has 0 unspecified atom stereocenters. The fourth-order valence-corrected chi connectivity index (χ4v) is 4.39. The number of thiophene rings is 1. The maximum Gasteiger partial charge on any atom is 0.289 e. The van der Waals surface area contributed by atoms with E-state index in [-0.39, 0.29) is 5.91 Å². The van der Waals surface area contributed by atoms with Crippen molar-refractivity contribution in [1.29, 1.82) is 0 Å². The Morgan fingerprint density at radius 2 is 1.92 bits per heavy atom. The lowest BCUT2D eigenvalue weighted by molar-refractivity contribution is 0.100. The molecule has 0 fully saturated rings. The van der Waals surface area contributed by atoms with Crippen molar-refractivity contribution in [3.8, 4) is 11.5 Å². The topological polar surface area (TPSA) is 52.8 Å². The Morgan fingerprint density at radius 1 is 1.21 bits per heavy atom. The van der Waals surface area contributed by atoms with Gasteiger partial charge in [-0.05, 0) is 19.1 Å². The summed E-state index contributed by atoms with van der Waals surface area (Å²) < 4.78 is 14.2. The Labute approximate surface area is 151 Å². The highest BCUT2D eigenvalue weighted by atomic mass is 35.5. The van der Waals surface area contributed by atoms with E-state index in [9.17, 15) is 4.79 Å². The van der Waals surface area contributed by atoms with Crippen molar-refractivity contribution in [2.24, 2.45) is 4.99 Å². The van der Waals surface area contributed by atoms with Gasteiger partial charge in [0.15, 0.2) is 16.3 Å². The van der Waals surface area contributed by atoms with Gasteiger partial charge >= 0.3 is 0 Å². The standard InChI is InChI=1S/C16H15ClN2O3S2/c1-4-19-9-7-10(21-2)11(22-3)8-13(9)24-16(19)18-15(20)12-5-6-14(17)23-12/h5-8H,4H2,1-3H3. The van der Waals surface area contributed by atoms with Gasteiger partial charge < -0.3 is 14.0 Å². The largest absolute Gasteiger partial charge is 0.493 e. The molecule has 0 bridgehead atoms. The zero-order valence-electron chi connectivity index (χ0n) is 13.3. The molecule has 2 heterocycles. The number of thiazole rings is 1. The van der Waals surface area contributed by atoms with E-state index < -0.39 is 0 Å². The minimum atomic E-state index is -0.292. The summed E-state index contributed by atoms with van der Waals surface area (Å²) in [6, 6.07) is 7.19. The van der Waals surface area contributed by atoms with Crippen molar-refractivity contribution in [1.82, 2.24) is 4.57 Å². The van der Waals surface area contributed by atoms with E-state index >= 15 is 0 Å². The van der Waals surface area contributed by atoms with Gasteiger partial charge in [0.1, 0.15) is 0 Å². The number of aromatic nitrogens is 1. The van der Waals surface area contributed by atoms with Crippen LogP contribution in [0.4, 0.5) is 0 Å². The molecule has 8 heteroatoms. The predicted octanol–water partition coefficient (Wildman–Crippen LogP) is 4.20. The lowest BCUT2D eigenvalue weighted by atomic mass is 10.3. The Hall–Kier alpha value is -1.83. The van der Waals surface area contributed by atoms with Gasteiger partial charge in [0, 0.05) is 18.7 Å². The van der Waals surface area contributed by atoms with Gasteiger partial charge in [-0.1, -0.05) is 22.9 Å². The second kappa shape index (κ2) is 6.96. The molecule has 126 valence electrons. The first kappa shape index (κ1) is 17.0. The average molecular weight is 383 g/mol. The van der Waals surface area contributed by atoms with Crippen molar-refractivity contribution in [2.75, 3.05) is 14.2 Å². The molecule has 1 amide bonds. The monoisotopic (exact) mass is 382 g/mol. The molecule has 24 heavy (non-hydrogen) atoms. The maximum atomic E-state index is 12.3. The fourth-order valence-electron chi connectivity index (χ4n) is 2.36. The molecule has 0 spiro atoms. The highest BCUT2D eigenvalue weighted by Gasteiger charge is 2.13. The molecule has 0 radical (unpaired) electrons. The molecule has 0 aliphatic carbocycles. The molecular weight excluding hydrogens is 368 g/mol. The first-order chi connectivity index (χ1) is 11.6. The smallest absolute Gasteiger partial charge is 0.289 e. The summed E-state index contributed by atoms with van der Waals surface area (Å²) in [7, 11) is 3.20. The summed E-state index contributed by atoms with van der Waals surface area (Å²) in [5.74, 6) is 1.00. The molecule has 3 rings (SSSR count). The van der Waals surface area contributed by atoms with Crippen molar-refractivity contribution in [2.45, 2.75) is 13.5 Å². The Morgan fingerprint density at radius 3 is 2.50 bits per heavy atom. The van der Waals surface area contributed by atoms with E-state index in [1.807, 2.05) is 23.6 Å². The van der Waals surface area contributed by atoms with Gasteiger partial charge in [0.25, 0.3) is 5.91 Å². The number of carbonyl (C=O) groups excluding carboxylic acids is 1. The van der Waals surface area contributed by atoms with Crippen molar-refractivity contribution in [3.05, 3.63) is 38.3 Å². The van der Waals surface area contributed by atoms with Crippen LogP contribution in [0, 0.1) is 0 Å². The number of amides is 1. The number of methoxy groups -OCH3 is 2. The van der Waals surface area contributed by atoms with E-state index in [1.165, 1.54) is 22.7 Å². The van der Waals surface area contributed by atoms with Crippen LogP contribution in [-0.4, -0.2) is 24.7 Å². The van der Waals surface area contributed by atoms with Crippen LogP contribution in [0.3, 0.4) is 0 Å². The van der Waals surface area contributed by atoms with E-state index in [2.05, 4.69) is 4.99 Å². The van der Waals surface area contributed by atoms with Gasteiger partial charge in [-0.25, -0.2) is 0 Å². The normalized spacial score (nSPS) is 11.9. The Balaban J connectivity index is 2.17. The first-order valence-electron chi connectivity index (χ1n) is 7.17. The van der Waals surface area contributed by atoms with Crippen LogP contribution in [0.2, 0.25) is 4.34 Å². The highest BCUT2D eigenvalue weighted by molar-refractivity contribution is 7.18. The van der Waals surface area contributed by atoms with Crippen molar-refractivity contribution >= 4 is 50.4 Å². The molecule has 0 saturated carbocycles. The minimum absolute atomic E-state index is 0.292. The van der Waals surface area contributed by atoms with Gasteiger partial charge in [-0.2, -0.15) is 4.99 Å². The summed E-state index contributed by atoms with van der Waals surface area (Å²) in [5, 5.41) is 0. The highest BCUT2D eigenvalue weighted by Crippen LogP contribution is 2.33. The van der Waals surface area contributed by atoms with E-state index in [4.69, 9.17) is 21.1 Å². The van der Waals surface area contributed by atoms with Gasteiger partial charge in [0.05, 0.1) is 33.6 Å². The van der Waals surface area contributed by atoms with Gasteiger partial charge in [-0.15, -0.1) is 11.3 Å². The van der Waals surface area contributed by atoms with E-state index in [0.717, 1.165) is 10.2 Å². The first-order valence-corrected chi connectivity index (χ1v) is 9.18. The number of ether oxygens (including phenoxy) is 2. The number of halogens is 1. The van der Waals surface area contributed by atoms with Crippen LogP contribution >= 0.6 is 34.3 Å². The molecule has 0 atom stereocenters. The zero-order chi connectivity index (χ0) is 17.3. The number of fused-ring (bicyclic) bond motifs is 1. The van der Waals surface area contributed by atoms with Crippen molar-refractivity contribution in [3.63, 3.8) is 0 Å². The molecule has 0 aliphatic rings. The van der Waals surface area contributed by atoms with E-state index in [0.29, 0.717) is 32.1 Å². The number of aryl methyl sites for hydroxylation is 1. The molecule has 0 N–H and O–H groups in total. The lowest BCUT2D eigenvalue weighted by Crippen LogP contribution is -2.15. The summed E-state index contributed by atoms with van der Waals surface area (Å²) in [4.78, 5) is 17.8. The minimum Gasteiger partial charge on any atom is -0.493 e. The second-order valence-corrected chi connectivity index (χ2v) is 7.55. The van der Waals surface area contributed by atoms with Crippen LogP contribution in [0.15, 0.2) is 29.3 Å². The number of hydrogen-bond acceptors (Lipinski definition) is 5. The van der Waals surface area contributed by atoms with Crippen LogP contribution in [0.1, 0.15) is 16.6 Å². The number of hydrogen-bond donors (Lipinski definition) is 0. The number of nitrogens with zero attached hydrogens (tertiary/aromatic N) is 2. The number of carbonyl (C=O) groups is 1. The third-order valence-corrected chi connectivity index (χ3v) is 5.75. The van der Waals surface area contributed by atoms with Crippen LogP contribution in [0.25, 0.3) is 10.2 Å². The SMILES string of the molecule is CCn1c(=NC(=O)c2ccc(Cl)s2)sc2cc(OC)c(OC)cc21. The number of rotatable bonds is 4. The van der Waals surface area contributed by atoms with Gasteiger partial charge in [-0.3, -0.25) is 4.79 Å². The Kier molecular flexibility index (Phi) is 4.93. The molecular formula is C16H15ClN2O3S2. The number of benzene rings is 1. The quantitative estimate of drug-likeness (QED) is 0.679. The van der Waals surface area contributed by atoms with Gasteiger partial charge in [0.2, 0.25) is 0 Å². The Bertz CT molecular complexity index is 972. The lowest BCUT2D eigenvalue weighted by Gasteiger charge is -2.08. The van der Waals surface area contributed by atoms with Crippen LogP contribution in [0.5, 0.6) is 11.5 Å². The predicted molar refractivity (Wildman–Crippen MR) is 97.8 cm³/mol. The fraction of sp³-hybridized carbons (Fsp3) is 0.250.